The summed E-state index contributed by atoms with van der Waals surface area (Å²) in [4.78, 5) is 1.98. The minimum atomic E-state index is -0.490. The molecule has 2 rings (SSSR count). The second kappa shape index (κ2) is 5.38. The van der Waals surface area contributed by atoms with Crippen LogP contribution in [-0.2, 0) is 0 Å². The van der Waals surface area contributed by atoms with Gasteiger partial charge < -0.3 is 14.7 Å². The molecule has 18 heavy (non-hydrogen) atoms. The zero-order valence-electron chi connectivity index (χ0n) is 11.1. The number of fused-ring (bicyclic) bond motifs is 1. The van der Waals surface area contributed by atoms with Crippen LogP contribution in [0.1, 0.15) is 11.7 Å². The number of benzene rings is 2. The second-order valence-corrected chi connectivity index (χ2v) is 4.71. The smallest absolute Gasteiger partial charge is 0.119 e. The Hall–Kier alpha value is -1.58. The van der Waals surface area contributed by atoms with Crippen molar-refractivity contribution in [3.63, 3.8) is 0 Å². The Morgan fingerprint density at radius 1 is 1.22 bits per heavy atom. The number of hydrogen-bond donors (Lipinski definition) is 1. The van der Waals surface area contributed by atoms with Crippen molar-refractivity contribution in [1.29, 1.82) is 0 Å². The predicted octanol–water partition coefficient (Wildman–Crippen LogP) is 2.44. The van der Waals surface area contributed by atoms with Crippen molar-refractivity contribution >= 4 is 10.8 Å². The molecule has 2 aromatic carbocycles. The average molecular weight is 245 g/mol. The molecule has 2 aromatic rings. The highest BCUT2D eigenvalue weighted by atomic mass is 16.5. The molecule has 0 aliphatic rings. The van der Waals surface area contributed by atoms with Crippen molar-refractivity contribution in [3.8, 4) is 5.75 Å². The summed E-state index contributed by atoms with van der Waals surface area (Å²) >= 11 is 0. The van der Waals surface area contributed by atoms with Crippen molar-refractivity contribution < 1.29 is 9.84 Å². The Bertz CT molecular complexity index is 537. The maximum Gasteiger partial charge on any atom is 0.119 e. The molecule has 3 nitrogen and oxygen atoms in total. The number of rotatable bonds is 4. The first-order chi connectivity index (χ1) is 8.61. The normalized spacial score (nSPS) is 12.9. The zero-order valence-corrected chi connectivity index (χ0v) is 11.1. The van der Waals surface area contributed by atoms with Gasteiger partial charge in [-0.15, -0.1) is 0 Å². The Morgan fingerprint density at radius 3 is 2.67 bits per heavy atom. The van der Waals surface area contributed by atoms with E-state index in [4.69, 9.17) is 4.74 Å². The fourth-order valence-corrected chi connectivity index (χ4v) is 2.14. The summed E-state index contributed by atoms with van der Waals surface area (Å²) in [6.07, 6.45) is -0.490. The summed E-state index contributed by atoms with van der Waals surface area (Å²) in [5.41, 5.74) is 0.945. The first kappa shape index (κ1) is 12.9. The molecule has 3 heteroatoms. The van der Waals surface area contributed by atoms with Gasteiger partial charge in [-0.3, -0.25) is 0 Å². The summed E-state index contributed by atoms with van der Waals surface area (Å²) < 4.78 is 5.25. The number of likely N-dealkylation sites (N-methyl/N-ethyl adjacent to an activating group) is 1. The van der Waals surface area contributed by atoms with E-state index >= 15 is 0 Å². The minimum Gasteiger partial charge on any atom is -0.497 e. The molecule has 1 atom stereocenters. The molecule has 0 radical (unpaired) electrons. The highest BCUT2D eigenvalue weighted by Crippen LogP contribution is 2.28. The van der Waals surface area contributed by atoms with Crippen LogP contribution in [0.4, 0.5) is 0 Å². The third-order valence-electron chi connectivity index (χ3n) is 3.02. The zero-order chi connectivity index (χ0) is 13.1. The molecule has 0 aliphatic carbocycles. The predicted molar refractivity (Wildman–Crippen MR) is 74.0 cm³/mol. The molecule has 0 aromatic heterocycles. The van der Waals surface area contributed by atoms with E-state index in [1.807, 2.05) is 55.4 Å². The Labute approximate surface area is 108 Å². The fourth-order valence-electron chi connectivity index (χ4n) is 2.14. The highest BCUT2D eigenvalue weighted by molar-refractivity contribution is 5.87. The van der Waals surface area contributed by atoms with Gasteiger partial charge >= 0.3 is 0 Å². The lowest BCUT2D eigenvalue weighted by Gasteiger charge is -2.18. The topological polar surface area (TPSA) is 32.7 Å². The molecule has 0 bridgehead atoms. The van der Waals surface area contributed by atoms with Gasteiger partial charge in [0.15, 0.2) is 0 Å². The van der Waals surface area contributed by atoms with Crippen LogP contribution in [0.2, 0.25) is 0 Å². The van der Waals surface area contributed by atoms with Crippen molar-refractivity contribution in [2.45, 2.75) is 6.10 Å². The second-order valence-electron chi connectivity index (χ2n) is 4.71. The van der Waals surface area contributed by atoms with Gasteiger partial charge in [-0.05, 0) is 42.6 Å². The van der Waals surface area contributed by atoms with Crippen LogP contribution >= 0.6 is 0 Å². The molecule has 0 heterocycles. The van der Waals surface area contributed by atoms with E-state index in [2.05, 4.69) is 0 Å². The van der Waals surface area contributed by atoms with Crippen molar-refractivity contribution in [2.24, 2.45) is 0 Å². The summed E-state index contributed by atoms with van der Waals surface area (Å²) in [5.74, 6) is 0.812. The summed E-state index contributed by atoms with van der Waals surface area (Å²) in [5, 5.41) is 12.4. The average Bonchev–Trinajstić information content (AvgIpc) is 2.36. The monoisotopic (exact) mass is 245 g/mol. The van der Waals surface area contributed by atoms with Crippen LogP contribution in [0.5, 0.6) is 5.75 Å². The van der Waals surface area contributed by atoms with Crippen LogP contribution in [0.3, 0.4) is 0 Å². The van der Waals surface area contributed by atoms with E-state index in [1.54, 1.807) is 7.11 Å². The summed E-state index contributed by atoms with van der Waals surface area (Å²) in [7, 11) is 5.56. The summed E-state index contributed by atoms with van der Waals surface area (Å²) in [6, 6.07) is 11.9. The Morgan fingerprint density at radius 2 is 2.00 bits per heavy atom. The lowest BCUT2D eigenvalue weighted by Crippen LogP contribution is -2.20. The van der Waals surface area contributed by atoms with Crippen LogP contribution in [-0.4, -0.2) is 37.8 Å². The molecule has 0 fully saturated rings. The SMILES string of the molecule is COc1ccc2cccc(C(O)CN(C)C)c2c1. The minimum absolute atomic E-state index is 0.490. The molecule has 0 saturated carbocycles. The lowest BCUT2D eigenvalue weighted by atomic mass is 10.00. The molecule has 96 valence electrons. The van der Waals surface area contributed by atoms with E-state index in [1.165, 1.54) is 0 Å². The van der Waals surface area contributed by atoms with Gasteiger partial charge in [0.25, 0.3) is 0 Å². The quantitative estimate of drug-likeness (QED) is 0.898. The van der Waals surface area contributed by atoms with Gasteiger partial charge in [0.05, 0.1) is 13.2 Å². The molecular formula is C15H19NO2. The van der Waals surface area contributed by atoms with E-state index < -0.39 is 6.10 Å². The third-order valence-corrected chi connectivity index (χ3v) is 3.02. The number of methoxy groups -OCH3 is 1. The number of ether oxygens (including phenoxy) is 1. The molecule has 0 amide bonds. The van der Waals surface area contributed by atoms with E-state index in [9.17, 15) is 5.11 Å². The van der Waals surface area contributed by atoms with Crippen LogP contribution in [0.15, 0.2) is 36.4 Å². The lowest BCUT2D eigenvalue weighted by molar-refractivity contribution is 0.140. The van der Waals surface area contributed by atoms with Gasteiger partial charge in [0, 0.05) is 6.54 Å². The van der Waals surface area contributed by atoms with Crippen molar-refractivity contribution in [1.82, 2.24) is 4.90 Å². The van der Waals surface area contributed by atoms with E-state index in [-0.39, 0.29) is 0 Å². The van der Waals surface area contributed by atoms with Gasteiger partial charge in [0.2, 0.25) is 0 Å². The maximum absolute atomic E-state index is 10.3. The fraction of sp³-hybridized carbons (Fsp3) is 0.333. The van der Waals surface area contributed by atoms with Gasteiger partial charge in [-0.1, -0.05) is 24.3 Å². The molecular weight excluding hydrogens is 226 g/mol. The number of nitrogens with zero attached hydrogens (tertiary/aromatic N) is 1. The highest BCUT2D eigenvalue weighted by Gasteiger charge is 2.12. The van der Waals surface area contributed by atoms with E-state index in [0.29, 0.717) is 6.54 Å². The molecule has 0 aliphatic heterocycles. The summed E-state index contributed by atoms with van der Waals surface area (Å²) in [6.45, 7) is 0.607. The molecule has 0 spiro atoms. The third kappa shape index (κ3) is 2.63. The van der Waals surface area contributed by atoms with Crippen LogP contribution < -0.4 is 4.74 Å². The largest absolute Gasteiger partial charge is 0.497 e. The van der Waals surface area contributed by atoms with Gasteiger partial charge in [-0.2, -0.15) is 0 Å². The van der Waals surface area contributed by atoms with Crippen molar-refractivity contribution in [3.05, 3.63) is 42.0 Å². The number of hydrogen-bond acceptors (Lipinski definition) is 3. The number of aliphatic hydroxyl groups is 1. The first-order valence-corrected chi connectivity index (χ1v) is 6.01. The van der Waals surface area contributed by atoms with Crippen LogP contribution in [0.25, 0.3) is 10.8 Å². The molecule has 0 saturated heterocycles. The Kier molecular flexibility index (Phi) is 3.84. The molecule has 1 N–H and O–H groups in total. The Balaban J connectivity index is 2.48. The van der Waals surface area contributed by atoms with Gasteiger partial charge in [-0.25, -0.2) is 0 Å². The van der Waals surface area contributed by atoms with Crippen molar-refractivity contribution in [2.75, 3.05) is 27.7 Å². The van der Waals surface area contributed by atoms with Crippen LogP contribution in [0, 0.1) is 0 Å². The van der Waals surface area contributed by atoms with E-state index in [0.717, 1.165) is 22.1 Å². The maximum atomic E-state index is 10.3. The van der Waals surface area contributed by atoms with Gasteiger partial charge in [0.1, 0.15) is 5.75 Å². The number of aliphatic hydroxyl groups excluding tert-OH is 1. The standard InChI is InChI=1S/C15H19NO2/c1-16(2)10-15(17)13-6-4-5-11-7-8-12(18-3)9-14(11)13/h4-9,15,17H,10H2,1-3H3. The first-order valence-electron chi connectivity index (χ1n) is 6.01. The molecule has 1 unspecified atom stereocenters.